The third-order valence-electron chi connectivity index (χ3n) is 2.64. The Labute approximate surface area is 94.1 Å². The van der Waals surface area contributed by atoms with Crippen molar-refractivity contribution in [2.24, 2.45) is 0 Å². The van der Waals surface area contributed by atoms with Crippen LogP contribution in [0.15, 0.2) is 5.38 Å². The van der Waals surface area contributed by atoms with Crippen LogP contribution < -0.4 is 0 Å². The predicted molar refractivity (Wildman–Crippen MR) is 60.2 cm³/mol. The van der Waals surface area contributed by atoms with Crippen LogP contribution in [0.4, 0.5) is 0 Å². The minimum Gasteiger partial charge on any atom is -0.396 e. The molecule has 0 amide bonds. The summed E-state index contributed by atoms with van der Waals surface area (Å²) in [5.41, 5.74) is 1.01. The molecule has 1 aromatic heterocycles. The van der Waals surface area contributed by atoms with Crippen LogP contribution in [-0.4, -0.2) is 29.4 Å². The van der Waals surface area contributed by atoms with Gasteiger partial charge < -0.3 is 9.84 Å². The monoisotopic (exact) mass is 227 g/mol. The van der Waals surface area contributed by atoms with Crippen LogP contribution in [0.5, 0.6) is 0 Å². The summed E-state index contributed by atoms with van der Waals surface area (Å²) in [5.74, 6) is 0. The van der Waals surface area contributed by atoms with Crippen LogP contribution in [-0.2, 0) is 17.6 Å². The number of aliphatic hydroxyl groups excluding tert-OH is 1. The summed E-state index contributed by atoms with van der Waals surface area (Å²) in [4.78, 5) is 4.47. The van der Waals surface area contributed by atoms with Gasteiger partial charge in [-0.2, -0.15) is 0 Å². The maximum absolute atomic E-state index is 8.79. The smallest absolute Gasteiger partial charge is 0.0954 e. The molecule has 0 bridgehead atoms. The molecule has 1 aliphatic heterocycles. The maximum atomic E-state index is 8.79. The Hall–Kier alpha value is -0.450. The summed E-state index contributed by atoms with van der Waals surface area (Å²) in [6.07, 6.45) is 5.61. The molecular formula is C11H17NO2S. The Morgan fingerprint density at radius 3 is 3.20 bits per heavy atom. The molecule has 0 saturated carbocycles. The van der Waals surface area contributed by atoms with Crippen LogP contribution in [0.1, 0.15) is 30.0 Å². The number of hydrogen-bond acceptors (Lipinski definition) is 4. The first-order valence-corrected chi connectivity index (χ1v) is 6.42. The highest BCUT2D eigenvalue weighted by Crippen LogP contribution is 2.19. The molecule has 1 aromatic rings. The highest BCUT2D eigenvalue weighted by Gasteiger charge is 2.15. The van der Waals surface area contributed by atoms with Crippen molar-refractivity contribution in [3.05, 3.63) is 16.1 Å². The molecular weight excluding hydrogens is 210 g/mol. The van der Waals surface area contributed by atoms with Crippen molar-refractivity contribution in [3.63, 3.8) is 0 Å². The van der Waals surface area contributed by atoms with E-state index in [2.05, 4.69) is 4.98 Å². The van der Waals surface area contributed by atoms with Crippen molar-refractivity contribution in [1.82, 2.24) is 4.98 Å². The molecule has 2 heterocycles. The van der Waals surface area contributed by atoms with E-state index in [1.807, 2.05) is 5.38 Å². The maximum Gasteiger partial charge on any atom is 0.0954 e. The third kappa shape index (κ3) is 3.26. The lowest BCUT2D eigenvalue weighted by atomic mass is 10.1. The number of ether oxygens (including phenoxy) is 1. The van der Waals surface area contributed by atoms with Gasteiger partial charge in [0, 0.05) is 31.4 Å². The molecule has 1 unspecified atom stereocenters. The van der Waals surface area contributed by atoms with Crippen molar-refractivity contribution in [2.75, 3.05) is 13.2 Å². The van der Waals surface area contributed by atoms with Crippen molar-refractivity contribution in [1.29, 1.82) is 0 Å². The second kappa shape index (κ2) is 5.58. The number of nitrogens with zero attached hydrogens (tertiary/aromatic N) is 1. The van der Waals surface area contributed by atoms with Gasteiger partial charge in [0.1, 0.15) is 0 Å². The van der Waals surface area contributed by atoms with E-state index in [9.17, 15) is 0 Å². The van der Waals surface area contributed by atoms with Crippen molar-refractivity contribution < 1.29 is 9.84 Å². The highest BCUT2D eigenvalue weighted by molar-refractivity contribution is 7.09. The van der Waals surface area contributed by atoms with Gasteiger partial charge in [0.15, 0.2) is 0 Å². The van der Waals surface area contributed by atoms with Crippen LogP contribution >= 0.6 is 11.3 Å². The standard InChI is InChI=1S/C11H17NO2S/c13-5-4-9-8-15-11(12-9)7-10-3-1-2-6-14-10/h8,10,13H,1-7H2. The highest BCUT2D eigenvalue weighted by atomic mass is 32.1. The molecule has 0 aromatic carbocycles. The quantitative estimate of drug-likeness (QED) is 0.852. The van der Waals surface area contributed by atoms with Crippen LogP contribution in [0.2, 0.25) is 0 Å². The lowest BCUT2D eigenvalue weighted by Gasteiger charge is -2.21. The second-order valence-electron chi connectivity index (χ2n) is 3.90. The molecule has 1 atom stereocenters. The summed E-state index contributed by atoms with van der Waals surface area (Å²) >= 11 is 1.68. The van der Waals surface area contributed by atoms with Gasteiger partial charge in [0.2, 0.25) is 0 Å². The Morgan fingerprint density at radius 2 is 2.47 bits per heavy atom. The van der Waals surface area contributed by atoms with E-state index < -0.39 is 0 Å². The first-order chi connectivity index (χ1) is 7.38. The second-order valence-corrected chi connectivity index (χ2v) is 4.84. The molecule has 15 heavy (non-hydrogen) atoms. The zero-order chi connectivity index (χ0) is 10.5. The first-order valence-electron chi connectivity index (χ1n) is 5.54. The number of thiazole rings is 1. The summed E-state index contributed by atoms with van der Waals surface area (Å²) in [5, 5.41) is 12.0. The topological polar surface area (TPSA) is 42.4 Å². The average Bonchev–Trinajstić information content (AvgIpc) is 2.68. The lowest BCUT2D eigenvalue weighted by Crippen LogP contribution is -2.21. The Balaban J connectivity index is 1.86. The SMILES string of the molecule is OCCc1csc(CC2CCCCO2)n1. The fourth-order valence-electron chi connectivity index (χ4n) is 1.84. The first kappa shape index (κ1) is 11.0. The third-order valence-corrected chi connectivity index (χ3v) is 3.56. The van der Waals surface area contributed by atoms with Gasteiger partial charge in [-0.3, -0.25) is 0 Å². The predicted octanol–water partition coefficient (Wildman–Crippen LogP) is 1.79. The molecule has 0 radical (unpaired) electrons. The summed E-state index contributed by atoms with van der Waals surface area (Å²) < 4.78 is 5.67. The summed E-state index contributed by atoms with van der Waals surface area (Å²) in [6, 6.07) is 0. The molecule has 84 valence electrons. The zero-order valence-electron chi connectivity index (χ0n) is 8.82. The van der Waals surface area contributed by atoms with Crippen LogP contribution in [0.3, 0.4) is 0 Å². The number of hydrogen-bond donors (Lipinski definition) is 1. The van der Waals surface area contributed by atoms with Gasteiger partial charge in [-0.1, -0.05) is 0 Å². The van der Waals surface area contributed by atoms with E-state index >= 15 is 0 Å². The minimum atomic E-state index is 0.184. The van der Waals surface area contributed by atoms with Gasteiger partial charge in [0.25, 0.3) is 0 Å². The molecule has 0 spiro atoms. The minimum absolute atomic E-state index is 0.184. The lowest BCUT2D eigenvalue weighted by molar-refractivity contribution is 0.0167. The molecule has 2 rings (SSSR count). The number of aliphatic hydroxyl groups is 1. The molecule has 3 nitrogen and oxygen atoms in total. The van der Waals surface area contributed by atoms with Crippen molar-refractivity contribution >= 4 is 11.3 Å². The number of aromatic nitrogens is 1. The van der Waals surface area contributed by atoms with E-state index in [4.69, 9.17) is 9.84 Å². The fraction of sp³-hybridized carbons (Fsp3) is 0.727. The van der Waals surface area contributed by atoms with Crippen LogP contribution in [0.25, 0.3) is 0 Å². The van der Waals surface area contributed by atoms with Crippen molar-refractivity contribution in [3.8, 4) is 0 Å². The normalized spacial score (nSPS) is 21.8. The molecule has 1 fully saturated rings. The fourth-order valence-corrected chi connectivity index (χ4v) is 2.73. The zero-order valence-corrected chi connectivity index (χ0v) is 9.63. The van der Waals surface area contributed by atoms with Gasteiger partial charge in [-0.25, -0.2) is 4.98 Å². The Kier molecular flexibility index (Phi) is 4.11. The molecule has 1 aliphatic rings. The molecule has 0 aliphatic carbocycles. The van der Waals surface area contributed by atoms with E-state index in [0.717, 1.165) is 30.2 Å². The average molecular weight is 227 g/mol. The molecule has 1 N–H and O–H groups in total. The summed E-state index contributed by atoms with van der Waals surface area (Å²) in [6.45, 7) is 1.09. The molecule has 4 heteroatoms. The Morgan fingerprint density at radius 1 is 1.53 bits per heavy atom. The van der Waals surface area contributed by atoms with Gasteiger partial charge in [-0.15, -0.1) is 11.3 Å². The van der Waals surface area contributed by atoms with Crippen LogP contribution in [0, 0.1) is 0 Å². The van der Waals surface area contributed by atoms with E-state index in [1.54, 1.807) is 11.3 Å². The van der Waals surface area contributed by atoms with E-state index in [-0.39, 0.29) is 6.61 Å². The largest absolute Gasteiger partial charge is 0.396 e. The van der Waals surface area contributed by atoms with Gasteiger partial charge >= 0.3 is 0 Å². The van der Waals surface area contributed by atoms with Crippen molar-refractivity contribution in [2.45, 2.75) is 38.2 Å². The number of rotatable bonds is 4. The van der Waals surface area contributed by atoms with E-state index in [1.165, 1.54) is 12.8 Å². The summed E-state index contributed by atoms with van der Waals surface area (Å²) in [7, 11) is 0. The van der Waals surface area contributed by atoms with Gasteiger partial charge in [0.05, 0.1) is 16.8 Å². The van der Waals surface area contributed by atoms with Gasteiger partial charge in [-0.05, 0) is 19.3 Å². The van der Waals surface area contributed by atoms with E-state index in [0.29, 0.717) is 12.5 Å². The molecule has 1 saturated heterocycles. The Bertz CT molecular complexity index is 295.